The minimum Gasteiger partial charge on any atom is -0.491 e. The topological polar surface area (TPSA) is 21.3 Å². The SMILES string of the molecule is CCCOc1c(Br)cc(CNCCC2=CCCCC2)cc1Br. The van der Waals surface area contributed by atoms with Crippen molar-refractivity contribution in [3.8, 4) is 5.75 Å². The monoisotopic (exact) mass is 429 g/mol. The predicted octanol–water partition coefficient (Wildman–Crippen LogP) is 5.98. The van der Waals surface area contributed by atoms with Crippen LogP contribution in [0.5, 0.6) is 5.75 Å². The van der Waals surface area contributed by atoms with Gasteiger partial charge in [0, 0.05) is 6.54 Å². The first-order valence-electron chi connectivity index (χ1n) is 8.20. The van der Waals surface area contributed by atoms with Gasteiger partial charge in [0.2, 0.25) is 0 Å². The van der Waals surface area contributed by atoms with Crippen molar-refractivity contribution in [3.63, 3.8) is 0 Å². The van der Waals surface area contributed by atoms with E-state index in [2.05, 4.69) is 62.3 Å². The van der Waals surface area contributed by atoms with Gasteiger partial charge in [-0.05, 0) is 94.6 Å². The molecule has 0 radical (unpaired) electrons. The molecule has 22 heavy (non-hydrogen) atoms. The first kappa shape index (κ1) is 18.0. The Morgan fingerprint density at radius 1 is 1.18 bits per heavy atom. The van der Waals surface area contributed by atoms with Gasteiger partial charge in [0.15, 0.2) is 0 Å². The van der Waals surface area contributed by atoms with Gasteiger partial charge in [-0.15, -0.1) is 0 Å². The minimum absolute atomic E-state index is 0.740. The van der Waals surface area contributed by atoms with Crippen LogP contribution in [0.3, 0.4) is 0 Å². The molecular formula is C18H25Br2NO. The molecule has 0 bridgehead atoms. The van der Waals surface area contributed by atoms with E-state index >= 15 is 0 Å². The van der Waals surface area contributed by atoms with Crippen LogP contribution in [0, 0.1) is 0 Å². The van der Waals surface area contributed by atoms with E-state index in [-0.39, 0.29) is 0 Å². The molecule has 0 spiro atoms. The summed E-state index contributed by atoms with van der Waals surface area (Å²) in [6, 6.07) is 4.28. The molecule has 1 N–H and O–H groups in total. The number of hydrogen-bond acceptors (Lipinski definition) is 2. The molecule has 2 rings (SSSR count). The van der Waals surface area contributed by atoms with E-state index < -0.39 is 0 Å². The van der Waals surface area contributed by atoms with Crippen molar-refractivity contribution < 1.29 is 4.74 Å². The van der Waals surface area contributed by atoms with Crippen LogP contribution in [-0.4, -0.2) is 13.2 Å². The maximum atomic E-state index is 5.76. The van der Waals surface area contributed by atoms with Gasteiger partial charge in [-0.3, -0.25) is 0 Å². The lowest BCUT2D eigenvalue weighted by atomic mass is 9.97. The number of halogens is 2. The predicted molar refractivity (Wildman–Crippen MR) is 101 cm³/mol. The Bertz CT molecular complexity index is 491. The van der Waals surface area contributed by atoms with Gasteiger partial charge < -0.3 is 10.1 Å². The summed E-state index contributed by atoms with van der Waals surface area (Å²) in [7, 11) is 0. The molecule has 0 aromatic heterocycles. The van der Waals surface area contributed by atoms with Gasteiger partial charge in [0.1, 0.15) is 5.75 Å². The van der Waals surface area contributed by atoms with Gasteiger partial charge >= 0.3 is 0 Å². The highest BCUT2D eigenvalue weighted by Gasteiger charge is 2.09. The van der Waals surface area contributed by atoms with Crippen molar-refractivity contribution in [3.05, 3.63) is 38.3 Å². The number of benzene rings is 1. The van der Waals surface area contributed by atoms with E-state index in [0.717, 1.165) is 40.8 Å². The van der Waals surface area contributed by atoms with Crippen molar-refractivity contribution in [1.82, 2.24) is 5.32 Å². The normalized spacial score (nSPS) is 14.8. The van der Waals surface area contributed by atoms with Crippen LogP contribution < -0.4 is 10.1 Å². The summed E-state index contributed by atoms with van der Waals surface area (Å²) in [5.41, 5.74) is 2.89. The quantitative estimate of drug-likeness (QED) is 0.404. The van der Waals surface area contributed by atoms with Crippen molar-refractivity contribution in [2.24, 2.45) is 0 Å². The lowest BCUT2D eigenvalue weighted by molar-refractivity contribution is 0.313. The summed E-state index contributed by atoms with van der Waals surface area (Å²) in [4.78, 5) is 0. The molecule has 0 amide bonds. The lowest BCUT2D eigenvalue weighted by Gasteiger charge is -2.14. The number of hydrogen-bond donors (Lipinski definition) is 1. The van der Waals surface area contributed by atoms with E-state index in [1.54, 1.807) is 5.57 Å². The van der Waals surface area contributed by atoms with Crippen LogP contribution >= 0.6 is 31.9 Å². The Kier molecular flexibility index (Phi) is 7.98. The Morgan fingerprint density at radius 2 is 1.95 bits per heavy atom. The van der Waals surface area contributed by atoms with Gasteiger partial charge in [0.25, 0.3) is 0 Å². The molecular weight excluding hydrogens is 406 g/mol. The fraction of sp³-hybridized carbons (Fsp3) is 0.556. The third-order valence-electron chi connectivity index (χ3n) is 3.85. The highest BCUT2D eigenvalue weighted by Crippen LogP contribution is 2.34. The van der Waals surface area contributed by atoms with Crippen LogP contribution in [0.15, 0.2) is 32.7 Å². The molecule has 1 aliphatic carbocycles. The number of allylic oxidation sites excluding steroid dienone is 1. The van der Waals surface area contributed by atoms with Crippen molar-refractivity contribution >= 4 is 31.9 Å². The Hall–Kier alpha value is -0.320. The largest absolute Gasteiger partial charge is 0.491 e. The highest BCUT2D eigenvalue weighted by molar-refractivity contribution is 9.11. The van der Waals surface area contributed by atoms with Crippen LogP contribution in [0.25, 0.3) is 0 Å². The molecule has 0 unspecified atom stereocenters. The number of ether oxygens (including phenoxy) is 1. The summed E-state index contributed by atoms with van der Waals surface area (Å²) >= 11 is 7.22. The van der Waals surface area contributed by atoms with Gasteiger partial charge in [-0.25, -0.2) is 0 Å². The second kappa shape index (κ2) is 9.74. The van der Waals surface area contributed by atoms with Crippen LogP contribution in [0.1, 0.15) is 51.0 Å². The molecule has 0 saturated heterocycles. The molecule has 0 saturated carbocycles. The van der Waals surface area contributed by atoms with Crippen LogP contribution in [0.2, 0.25) is 0 Å². The Labute approximate surface area is 151 Å². The van der Waals surface area contributed by atoms with Gasteiger partial charge in [-0.2, -0.15) is 0 Å². The smallest absolute Gasteiger partial charge is 0.147 e. The fourth-order valence-electron chi connectivity index (χ4n) is 2.67. The first-order valence-corrected chi connectivity index (χ1v) is 9.78. The maximum absolute atomic E-state index is 5.76. The molecule has 0 heterocycles. The van der Waals surface area contributed by atoms with Crippen molar-refractivity contribution in [2.45, 2.75) is 52.0 Å². The van der Waals surface area contributed by atoms with E-state index in [4.69, 9.17) is 4.74 Å². The molecule has 2 nitrogen and oxygen atoms in total. The summed E-state index contributed by atoms with van der Waals surface area (Å²) in [5, 5.41) is 3.54. The fourth-order valence-corrected chi connectivity index (χ4v) is 4.18. The maximum Gasteiger partial charge on any atom is 0.147 e. The van der Waals surface area contributed by atoms with Gasteiger partial charge in [-0.1, -0.05) is 18.6 Å². The zero-order valence-corrected chi connectivity index (χ0v) is 16.4. The molecule has 1 aromatic rings. The first-order chi connectivity index (χ1) is 10.7. The zero-order valence-electron chi connectivity index (χ0n) is 13.3. The average Bonchev–Trinajstić information content (AvgIpc) is 2.52. The lowest BCUT2D eigenvalue weighted by Crippen LogP contribution is -2.15. The van der Waals surface area contributed by atoms with Crippen LogP contribution in [-0.2, 0) is 6.54 Å². The molecule has 1 aromatic carbocycles. The third-order valence-corrected chi connectivity index (χ3v) is 5.02. The van der Waals surface area contributed by atoms with Crippen molar-refractivity contribution in [1.29, 1.82) is 0 Å². The zero-order chi connectivity index (χ0) is 15.8. The third kappa shape index (κ3) is 5.71. The highest BCUT2D eigenvalue weighted by atomic mass is 79.9. The van der Waals surface area contributed by atoms with E-state index in [1.807, 2.05) is 0 Å². The molecule has 0 atom stereocenters. The minimum atomic E-state index is 0.740. The average molecular weight is 431 g/mol. The molecule has 0 fully saturated rings. The standard InChI is InChI=1S/C18H25Br2NO/c1-2-10-22-18-16(19)11-15(12-17(18)20)13-21-9-8-14-6-4-3-5-7-14/h6,11-12,21H,2-5,7-10,13H2,1H3. The van der Waals surface area contributed by atoms with Crippen molar-refractivity contribution in [2.75, 3.05) is 13.2 Å². The van der Waals surface area contributed by atoms with E-state index in [1.165, 1.54) is 37.7 Å². The second-order valence-corrected chi connectivity index (χ2v) is 7.48. The Morgan fingerprint density at radius 3 is 2.59 bits per heavy atom. The van der Waals surface area contributed by atoms with Crippen LogP contribution in [0.4, 0.5) is 0 Å². The summed E-state index contributed by atoms with van der Waals surface area (Å²) in [6.07, 6.45) is 9.92. The molecule has 122 valence electrons. The summed E-state index contributed by atoms with van der Waals surface area (Å²) in [5.74, 6) is 0.901. The van der Waals surface area contributed by atoms with Gasteiger partial charge in [0.05, 0.1) is 15.6 Å². The number of rotatable bonds is 8. The number of nitrogens with one attached hydrogen (secondary N) is 1. The summed E-state index contributed by atoms with van der Waals surface area (Å²) in [6.45, 7) is 4.79. The molecule has 1 aliphatic rings. The Balaban J connectivity index is 1.81. The van der Waals surface area contributed by atoms with E-state index in [0.29, 0.717) is 0 Å². The second-order valence-electron chi connectivity index (χ2n) is 5.77. The van der Waals surface area contributed by atoms with E-state index in [9.17, 15) is 0 Å². The molecule has 4 heteroatoms. The molecule has 0 aliphatic heterocycles. The summed E-state index contributed by atoms with van der Waals surface area (Å²) < 4.78 is 7.79.